The van der Waals surface area contributed by atoms with Crippen LogP contribution in [0.25, 0.3) is 0 Å². The third-order valence-corrected chi connectivity index (χ3v) is 3.90. The Kier molecular flexibility index (Phi) is 8.01. The Morgan fingerprint density at radius 1 is 1.24 bits per heavy atom. The molecule has 1 unspecified atom stereocenters. The minimum absolute atomic E-state index is 0.376. The van der Waals surface area contributed by atoms with E-state index in [2.05, 4.69) is 31.0 Å². The standard InChI is InChI=1S/C17H29N3O/c1-4-20(5-2)12-6-7-14(3)19-13-15-8-10-16(11-9-15)17(18)21/h8-11,14,19H,4-7,12-13H2,1-3H3,(H2,18,21). The maximum absolute atomic E-state index is 11.0. The fourth-order valence-electron chi connectivity index (χ4n) is 2.34. The summed E-state index contributed by atoms with van der Waals surface area (Å²) in [5.74, 6) is -0.376. The second kappa shape index (κ2) is 9.53. The smallest absolute Gasteiger partial charge is 0.248 e. The van der Waals surface area contributed by atoms with Gasteiger partial charge in [0.15, 0.2) is 0 Å². The molecule has 0 aliphatic carbocycles. The first-order valence-corrected chi connectivity index (χ1v) is 7.91. The highest BCUT2D eigenvalue weighted by Gasteiger charge is 2.05. The van der Waals surface area contributed by atoms with E-state index in [9.17, 15) is 4.79 Å². The Morgan fingerprint density at radius 3 is 2.38 bits per heavy atom. The molecule has 1 atom stereocenters. The van der Waals surface area contributed by atoms with Crippen LogP contribution in [-0.2, 0) is 6.54 Å². The van der Waals surface area contributed by atoms with Crippen molar-refractivity contribution in [2.24, 2.45) is 5.73 Å². The Bertz CT molecular complexity index is 413. The number of benzene rings is 1. The fourth-order valence-corrected chi connectivity index (χ4v) is 2.34. The van der Waals surface area contributed by atoms with Crippen molar-refractivity contribution in [3.63, 3.8) is 0 Å². The fraction of sp³-hybridized carbons (Fsp3) is 0.588. The van der Waals surface area contributed by atoms with Crippen LogP contribution in [0.5, 0.6) is 0 Å². The summed E-state index contributed by atoms with van der Waals surface area (Å²) in [7, 11) is 0. The number of amides is 1. The van der Waals surface area contributed by atoms with Crippen molar-refractivity contribution >= 4 is 5.91 Å². The highest BCUT2D eigenvalue weighted by atomic mass is 16.1. The average Bonchev–Trinajstić information content (AvgIpc) is 2.50. The molecule has 118 valence electrons. The number of carbonyl (C=O) groups excluding carboxylic acids is 1. The molecular formula is C17H29N3O. The molecule has 21 heavy (non-hydrogen) atoms. The second-order valence-electron chi connectivity index (χ2n) is 5.51. The van der Waals surface area contributed by atoms with Crippen molar-refractivity contribution in [2.75, 3.05) is 19.6 Å². The lowest BCUT2D eigenvalue weighted by Crippen LogP contribution is -2.28. The molecule has 1 aromatic carbocycles. The van der Waals surface area contributed by atoms with Crippen molar-refractivity contribution in [1.29, 1.82) is 0 Å². The summed E-state index contributed by atoms with van der Waals surface area (Å²) in [6.45, 7) is 10.9. The molecule has 0 fully saturated rings. The van der Waals surface area contributed by atoms with E-state index < -0.39 is 0 Å². The predicted molar refractivity (Wildman–Crippen MR) is 88.3 cm³/mol. The molecule has 0 aliphatic rings. The maximum atomic E-state index is 11.0. The third-order valence-electron chi connectivity index (χ3n) is 3.90. The molecule has 1 amide bonds. The Morgan fingerprint density at radius 2 is 1.86 bits per heavy atom. The first-order chi connectivity index (χ1) is 10.1. The normalized spacial score (nSPS) is 12.6. The van der Waals surface area contributed by atoms with E-state index in [0.29, 0.717) is 11.6 Å². The van der Waals surface area contributed by atoms with Crippen LogP contribution < -0.4 is 11.1 Å². The molecule has 0 bridgehead atoms. The van der Waals surface area contributed by atoms with Gasteiger partial charge in [-0.3, -0.25) is 4.79 Å². The van der Waals surface area contributed by atoms with Gasteiger partial charge in [-0.25, -0.2) is 0 Å². The number of rotatable bonds is 10. The molecule has 0 saturated heterocycles. The molecule has 0 aliphatic heterocycles. The summed E-state index contributed by atoms with van der Waals surface area (Å²) >= 11 is 0. The molecular weight excluding hydrogens is 262 g/mol. The van der Waals surface area contributed by atoms with Crippen LogP contribution in [0.15, 0.2) is 24.3 Å². The van der Waals surface area contributed by atoms with Crippen molar-refractivity contribution in [2.45, 2.75) is 46.2 Å². The molecule has 4 heteroatoms. The molecule has 1 aromatic rings. The van der Waals surface area contributed by atoms with Crippen LogP contribution in [0.4, 0.5) is 0 Å². The Labute approximate surface area is 128 Å². The van der Waals surface area contributed by atoms with E-state index in [-0.39, 0.29) is 5.91 Å². The van der Waals surface area contributed by atoms with E-state index in [1.807, 2.05) is 12.1 Å². The van der Waals surface area contributed by atoms with Crippen LogP contribution in [0.3, 0.4) is 0 Å². The average molecular weight is 291 g/mol. The molecule has 0 saturated carbocycles. The Hall–Kier alpha value is -1.39. The van der Waals surface area contributed by atoms with Crippen molar-refractivity contribution < 1.29 is 4.79 Å². The van der Waals surface area contributed by atoms with Crippen molar-refractivity contribution in [3.8, 4) is 0 Å². The Balaban J connectivity index is 2.26. The first-order valence-electron chi connectivity index (χ1n) is 7.91. The van der Waals surface area contributed by atoms with Crippen LogP contribution >= 0.6 is 0 Å². The zero-order chi connectivity index (χ0) is 15.7. The molecule has 3 N–H and O–H groups in total. The summed E-state index contributed by atoms with van der Waals surface area (Å²) in [6, 6.07) is 7.97. The van der Waals surface area contributed by atoms with Crippen molar-refractivity contribution in [3.05, 3.63) is 35.4 Å². The van der Waals surface area contributed by atoms with E-state index in [4.69, 9.17) is 5.73 Å². The van der Waals surface area contributed by atoms with Crippen LogP contribution in [0, 0.1) is 0 Å². The lowest BCUT2D eigenvalue weighted by molar-refractivity contribution is 0.100. The molecule has 0 radical (unpaired) electrons. The number of hydrogen-bond donors (Lipinski definition) is 2. The molecule has 0 heterocycles. The predicted octanol–water partition coefficient (Wildman–Crippen LogP) is 2.39. The number of nitrogens with zero attached hydrogens (tertiary/aromatic N) is 1. The topological polar surface area (TPSA) is 58.4 Å². The quantitative estimate of drug-likeness (QED) is 0.696. The summed E-state index contributed by atoms with van der Waals surface area (Å²) in [4.78, 5) is 13.5. The summed E-state index contributed by atoms with van der Waals surface area (Å²) in [6.07, 6.45) is 2.40. The van der Waals surface area contributed by atoms with Gasteiger partial charge in [0.2, 0.25) is 5.91 Å². The highest BCUT2D eigenvalue weighted by Crippen LogP contribution is 2.05. The SMILES string of the molecule is CCN(CC)CCCC(C)NCc1ccc(C(N)=O)cc1. The maximum Gasteiger partial charge on any atom is 0.248 e. The van der Waals surface area contributed by atoms with Crippen molar-refractivity contribution in [1.82, 2.24) is 10.2 Å². The van der Waals surface area contributed by atoms with Crippen LogP contribution in [-0.4, -0.2) is 36.5 Å². The number of primary amides is 1. The minimum atomic E-state index is -0.376. The third kappa shape index (κ3) is 6.74. The lowest BCUT2D eigenvalue weighted by atomic mass is 10.1. The highest BCUT2D eigenvalue weighted by molar-refractivity contribution is 5.92. The molecule has 0 aromatic heterocycles. The zero-order valence-electron chi connectivity index (χ0n) is 13.6. The zero-order valence-corrected chi connectivity index (χ0v) is 13.6. The summed E-state index contributed by atoms with van der Waals surface area (Å²) < 4.78 is 0. The molecule has 0 spiro atoms. The van der Waals surface area contributed by atoms with E-state index >= 15 is 0 Å². The van der Waals surface area contributed by atoms with Gasteiger partial charge in [0.25, 0.3) is 0 Å². The van der Waals surface area contributed by atoms with Gasteiger partial charge in [-0.15, -0.1) is 0 Å². The summed E-state index contributed by atoms with van der Waals surface area (Å²) in [5, 5.41) is 3.52. The van der Waals surface area contributed by atoms with E-state index in [1.54, 1.807) is 12.1 Å². The minimum Gasteiger partial charge on any atom is -0.366 e. The molecule has 1 rings (SSSR count). The largest absolute Gasteiger partial charge is 0.366 e. The van der Waals surface area contributed by atoms with Gasteiger partial charge in [0.05, 0.1) is 0 Å². The van der Waals surface area contributed by atoms with Gasteiger partial charge in [0, 0.05) is 18.2 Å². The van der Waals surface area contributed by atoms with Crippen LogP contribution in [0.2, 0.25) is 0 Å². The van der Waals surface area contributed by atoms with Gasteiger partial charge < -0.3 is 16.0 Å². The number of nitrogens with two attached hydrogens (primary N) is 1. The van der Waals surface area contributed by atoms with Gasteiger partial charge in [-0.1, -0.05) is 26.0 Å². The van der Waals surface area contributed by atoms with E-state index in [1.165, 1.54) is 24.9 Å². The van der Waals surface area contributed by atoms with Gasteiger partial charge in [0.1, 0.15) is 0 Å². The van der Waals surface area contributed by atoms with E-state index in [0.717, 1.165) is 19.6 Å². The van der Waals surface area contributed by atoms with Crippen LogP contribution in [0.1, 0.15) is 49.5 Å². The number of hydrogen-bond acceptors (Lipinski definition) is 3. The van der Waals surface area contributed by atoms with Gasteiger partial charge in [-0.2, -0.15) is 0 Å². The summed E-state index contributed by atoms with van der Waals surface area (Å²) in [5.41, 5.74) is 6.97. The second-order valence-corrected chi connectivity index (χ2v) is 5.51. The number of carbonyl (C=O) groups is 1. The van der Waals surface area contributed by atoms with Gasteiger partial charge >= 0.3 is 0 Å². The monoisotopic (exact) mass is 291 g/mol. The van der Waals surface area contributed by atoms with Gasteiger partial charge in [-0.05, 0) is 57.1 Å². The first kappa shape index (κ1) is 17.7. The molecule has 4 nitrogen and oxygen atoms in total. The lowest BCUT2D eigenvalue weighted by Gasteiger charge is -2.19. The number of nitrogens with one attached hydrogen (secondary N) is 1.